The summed E-state index contributed by atoms with van der Waals surface area (Å²) in [4.78, 5) is 14.1. The molecule has 0 aliphatic carbocycles. The predicted octanol–water partition coefficient (Wildman–Crippen LogP) is 4.01. The van der Waals surface area contributed by atoms with Gasteiger partial charge >= 0.3 is 0 Å². The lowest BCUT2D eigenvalue weighted by atomic mass is 10.1. The zero-order chi connectivity index (χ0) is 12.4. The summed E-state index contributed by atoms with van der Waals surface area (Å²) in [5.74, 6) is -0.717. The van der Waals surface area contributed by atoms with E-state index in [2.05, 4.69) is 4.98 Å². The van der Waals surface area contributed by atoms with E-state index in [1.807, 2.05) is 0 Å². The number of benzene rings is 1. The Hall–Kier alpha value is -1.45. The van der Waals surface area contributed by atoms with Crippen LogP contribution in [0.15, 0.2) is 30.5 Å². The standard InChI is InChI=1S/C12H6Cl2FNO/c13-9-2-1-3-10(14)11(9)8-4-7(6-17)5-16-12(8)15/h1-6H. The van der Waals surface area contributed by atoms with Crippen molar-refractivity contribution in [3.63, 3.8) is 0 Å². The highest BCUT2D eigenvalue weighted by Gasteiger charge is 2.14. The second-order valence-electron chi connectivity index (χ2n) is 3.32. The van der Waals surface area contributed by atoms with Crippen molar-refractivity contribution in [2.24, 2.45) is 0 Å². The third kappa shape index (κ3) is 2.30. The third-order valence-electron chi connectivity index (χ3n) is 2.23. The van der Waals surface area contributed by atoms with Gasteiger partial charge in [-0.05, 0) is 18.2 Å². The Morgan fingerprint density at radius 3 is 2.47 bits per heavy atom. The molecule has 2 aromatic rings. The number of pyridine rings is 1. The number of hydrogen-bond donors (Lipinski definition) is 0. The molecule has 5 heteroatoms. The number of carbonyl (C=O) groups excluding carboxylic acids is 1. The molecule has 1 aromatic carbocycles. The number of carbonyl (C=O) groups is 1. The van der Waals surface area contributed by atoms with Gasteiger partial charge < -0.3 is 0 Å². The maximum Gasteiger partial charge on any atom is 0.220 e. The Morgan fingerprint density at radius 2 is 1.88 bits per heavy atom. The van der Waals surface area contributed by atoms with Crippen LogP contribution < -0.4 is 0 Å². The summed E-state index contributed by atoms with van der Waals surface area (Å²) in [6, 6.07) is 6.21. The van der Waals surface area contributed by atoms with Crippen LogP contribution in [0.1, 0.15) is 10.4 Å². The maximum atomic E-state index is 13.6. The summed E-state index contributed by atoms with van der Waals surface area (Å²) in [7, 11) is 0. The van der Waals surface area contributed by atoms with Gasteiger partial charge in [0.2, 0.25) is 5.95 Å². The van der Waals surface area contributed by atoms with Crippen molar-refractivity contribution in [3.05, 3.63) is 52.0 Å². The predicted molar refractivity (Wildman–Crippen MR) is 65.0 cm³/mol. The fourth-order valence-corrected chi connectivity index (χ4v) is 2.06. The zero-order valence-corrected chi connectivity index (χ0v) is 9.97. The summed E-state index contributed by atoms with van der Waals surface area (Å²) in [5.41, 5.74) is 0.715. The van der Waals surface area contributed by atoms with E-state index >= 15 is 0 Å². The third-order valence-corrected chi connectivity index (χ3v) is 2.86. The summed E-state index contributed by atoms with van der Waals surface area (Å²) in [6.07, 6.45) is 1.73. The summed E-state index contributed by atoms with van der Waals surface area (Å²) < 4.78 is 13.6. The van der Waals surface area contributed by atoms with Crippen molar-refractivity contribution in [2.45, 2.75) is 0 Å². The van der Waals surface area contributed by atoms with E-state index in [0.717, 1.165) is 6.20 Å². The second-order valence-corrected chi connectivity index (χ2v) is 4.14. The van der Waals surface area contributed by atoms with Crippen LogP contribution in [0.3, 0.4) is 0 Å². The highest BCUT2D eigenvalue weighted by atomic mass is 35.5. The van der Waals surface area contributed by atoms with Crippen molar-refractivity contribution in [2.75, 3.05) is 0 Å². The molecular formula is C12H6Cl2FNO. The van der Waals surface area contributed by atoms with E-state index in [-0.39, 0.29) is 11.1 Å². The molecule has 2 rings (SSSR count). The van der Waals surface area contributed by atoms with Crippen LogP contribution in [0.25, 0.3) is 11.1 Å². The molecule has 0 fully saturated rings. The molecule has 0 atom stereocenters. The lowest BCUT2D eigenvalue weighted by molar-refractivity contribution is 0.112. The average molecular weight is 270 g/mol. The lowest BCUT2D eigenvalue weighted by Crippen LogP contribution is -1.93. The van der Waals surface area contributed by atoms with Crippen LogP contribution >= 0.6 is 23.2 Å². The molecule has 17 heavy (non-hydrogen) atoms. The van der Waals surface area contributed by atoms with Crippen molar-refractivity contribution in [1.29, 1.82) is 0 Å². The van der Waals surface area contributed by atoms with E-state index in [1.165, 1.54) is 6.07 Å². The molecule has 0 N–H and O–H groups in total. The number of rotatable bonds is 2. The van der Waals surface area contributed by atoms with Crippen LogP contribution in [0.5, 0.6) is 0 Å². The molecule has 0 radical (unpaired) electrons. The van der Waals surface area contributed by atoms with Crippen molar-refractivity contribution < 1.29 is 9.18 Å². The largest absolute Gasteiger partial charge is 0.298 e. The summed E-state index contributed by atoms with van der Waals surface area (Å²) in [6.45, 7) is 0. The molecule has 0 saturated heterocycles. The van der Waals surface area contributed by atoms with Crippen molar-refractivity contribution in [1.82, 2.24) is 4.98 Å². The quantitative estimate of drug-likeness (QED) is 0.609. The Labute approximate surface area is 107 Å². The maximum absolute atomic E-state index is 13.6. The molecule has 0 aliphatic heterocycles. The summed E-state index contributed by atoms with van der Waals surface area (Å²) >= 11 is 11.9. The number of hydrogen-bond acceptors (Lipinski definition) is 2. The monoisotopic (exact) mass is 269 g/mol. The van der Waals surface area contributed by atoms with Crippen LogP contribution in [0, 0.1) is 5.95 Å². The topological polar surface area (TPSA) is 30.0 Å². The van der Waals surface area contributed by atoms with Gasteiger partial charge in [0.1, 0.15) is 0 Å². The van der Waals surface area contributed by atoms with E-state index in [9.17, 15) is 9.18 Å². The molecule has 0 aliphatic rings. The number of nitrogens with zero attached hydrogens (tertiary/aromatic N) is 1. The highest BCUT2D eigenvalue weighted by molar-refractivity contribution is 6.39. The first-order valence-corrected chi connectivity index (χ1v) is 5.44. The molecule has 1 aromatic heterocycles. The van der Waals surface area contributed by atoms with Crippen LogP contribution in [0.2, 0.25) is 10.0 Å². The van der Waals surface area contributed by atoms with Crippen LogP contribution in [-0.4, -0.2) is 11.3 Å². The Bertz CT molecular complexity index is 566. The lowest BCUT2D eigenvalue weighted by Gasteiger charge is -2.07. The molecule has 0 bridgehead atoms. The molecule has 86 valence electrons. The molecule has 1 heterocycles. The summed E-state index contributed by atoms with van der Waals surface area (Å²) in [5, 5.41) is 0.613. The van der Waals surface area contributed by atoms with Gasteiger partial charge in [0.15, 0.2) is 6.29 Å². The van der Waals surface area contributed by atoms with Crippen LogP contribution in [0.4, 0.5) is 4.39 Å². The first-order valence-electron chi connectivity index (χ1n) is 4.68. The van der Waals surface area contributed by atoms with E-state index < -0.39 is 5.95 Å². The number of aromatic nitrogens is 1. The minimum absolute atomic E-state index is 0.116. The fourth-order valence-electron chi connectivity index (χ4n) is 1.46. The minimum atomic E-state index is -0.717. The normalized spacial score (nSPS) is 10.3. The smallest absolute Gasteiger partial charge is 0.220 e. The Balaban J connectivity index is 2.71. The second kappa shape index (κ2) is 4.82. The van der Waals surface area contributed by atoms with Crippen molar-refractivity contribution >= 4 is 29.5 Å². The van der Waals surface area contributed by atoms with E-state index in [4.69, 9.17) is 23.2 Å². The average Bonchev–Trinajstić information content (AvgIpc) is 2.31. The van der Waals surface area contributed by atoms with E-state index in [1.54, 1.807) is 18.2 Å². The van der Waals surface area contributed by atoms with Gasteiger partial charge in [-0.25, -0.2) is 4.98 Å². The highest BCUT2D eigenvalue weighted by Crippen LogP contribution is 2.35. The van der Waals surface area contributed by atoms with Gasteiger partial charge in [-0.3, -0.25) is 4.79 Å². The molecule has 0 unspecified atom stereocenters. The molecule has 2 nitrogen and oxygen atoms in total. The fraction of sp³-hybridized carbons (Fsp3) is 0. The number of halogens is 3. The first-order chi connectivity index (χ1) is 8.13. The first kappa shape index (κ1) is 12.0. The van der Waals surface area contributed by atoms with Gasteiger partial charge in [0.25, 0.3) is 0 Å². The molecule has 0 amide bonds. The Morgan fingerprint density at radius 1 is 1.24 bits per heavy atom. The molecular weight excluding hydrogens is 264 g/mol. The molecule has 0 saturated carbocycles. The Kier molecular flexibility index (Phi) is 3.41. The van der Waals surface area contributed by atoms with Gasteiger partial charge in [-0.15, -0.1) is 0 Å². The minimum Gasteiger partial charge on any atom is -0.298 e. The van der Waals surface area contributed by atoms with Gasteiger partial charge in [-0.2, -0.15) is 4.39 Å². The SMILES string of the molecule is O=Cc1cnc(F)c(-c2c(Cl)cccc2Cl)c1. The zero-order valence-electron chi connectivity index (χ0n) is 8.45. The van der Waals surface area contributed by atoms with Crippen molar-refractivity contribution in [3.8, 4) is 11.1 Å². The van der Waals surface area contributed by atoms with E-state index in [0.29, 0.717) is 21.9 Å². The van der Waals surface area contributed by atoms with Crippen LogP contribution in [-0.2, 0) is 0 Å². The number of aldehydes is 1. The van der Waals surface area contributed by atoms with Gasteiger partial charge in [-0.1, -0.05) is 29.3 Å². The molecule has 0 spiro atoms. The van der Waals surface area contributed by atoms with Gasteiger partial charge in [0, 0.05) is 22.9 Å². The van der Waals surface area contributed by atoms with Gasteiger partial charge in [0.05, 0.1) is 10.0 Å².